The van der Waals surface area contributed by atoms with Gasteiger partial charge in [0.05, 0.1) is 11.8 Å². The Kier molecular flexibility index (Phi) is 4.15. The lowest BCUT2D eigenvalue weighted by Gasteiger charge is -2.33. The molecule has 1 aromatic carbocycles. The predicted octanol–water partition coefficient (Wildman–Crippen LogP) is 2.28. The minimum Gasteiger partial charge on any atom is -0.485 e. The van der Waals surface area contributed by atoms with Gasteiger partial charge in [-0.1, -0.05) is 26.0 Å². The third-order valence-electron chi connectivity index (χ3n) is 3.27. The van der Waals surface area contributed by atoms with Gasteiger partial charge in [-0.15, -0.1) is 4.91 Å². The number of rotatable bonds is 5. The molecule has 98 valence electrons. The summed E-state index contributed by atoms with van der Waals surface area (Å²) in [6.07, 6.45) is -0.0162. The van der Waals surface area contributed by atoms with Crippen LogP contribution in [0.15, 0.2) is 29.6 Å². The average molecular weight is 249 g/mol. The Balaban J connectivity index is 2.12. The van der Waals surface area contributed by atoms with Gasteiger partial charge in [-0.25, -0.2) is 5.01 Å². The molecule has 1 heterocycles. The molecule has 1 aliphatic rings. The van der Waals surface area contributed by atoms with Gasteiger partial charge in [0.15, 0.2) is 0 Å². The van der Waals surface area contributed by atoms with Crippen molar-refractivity contribution in [2.45, 2.75) is 20.0 Å². The van der Waals surface area contributed by atoms with Crippen LogP contribution in [0.4, 0.5) is 5.69 Å². The monoisotopic (exact) mass is 249 g/mol. The van der Waals surface area contributed by atoms with Gasteiger partial charge in [-0.3, -0.25) is 0 Å². The van der Waals surface area contributed by atoms with Crippen molar-refractivity contribution >= 4 is 5.69 Å². The molecule has 1 aromatic rings. The van der Waals surface area contributed by atoms with Gasteiger partial charge >= 0.3 is 0 Å². The number of para-hydroxylation sites is 2. The number of hydrogen-bond donors (Lipinski definition) is 0. The number of nitroso groups, excluding NO2 is 1. The van der Waals surface area contributed by atoms with Gasteiger partial charge in [0.1, 0.15) is 17.5 Å². The third kappa shape index (κ3) is 2.61. The highest BCUT2D eigenvalue weighted by Gasteiger charge is 2.27. The number of fused-ring (bicyclic) bond motifs is 1. The van der Waals surface area contributed by atoms with E-state index in [4.69, 9.17) is 4.74 Å². The molecule has 5 nitrogen and oxygen atoms in total. The largest absolute Gasteiger partial charge is 0.485 e. The number of hydrogen-bond acceptors (Lipinski definition) is 4. The molecule has 0 fully saturated rings. The van der Waals surface area contributed by atoms with Crippen LogP contribution in [0.3, 0.4) is 0 Å². The van der Waals surface area contributed by atoms with Crippen LogP contribution in [-0.4, -0.2) is 37.2 Å². The Bertz CT molecular complexity index is 407. The Hall–Kier alpha value is -1.62. The second kappa shape index (κ2) is 5.82. The lowest BCUT2D eigenvalue weighted by molar-refractivity contribution is 0.134. The molecule has 0 aliphatic carbocycles. The second-order valence-corrected chi connectivity index (χ2v) is 4.36. The van der Waals surface area contributed by atoms with Crippen molar-refractivity contribution in [2.24, 2.45) is 5.29 Å². The van der Waals surface area contributed by atoms with Crippen LogP contribution in [0.5, 0.6) is 5.75 Å². The zero-order chi connectivity index (χ0) is 13.0. The number of nitrogens with zero attached hydrogens (tertiary/aromatic N) is 3. The molecule has 0 saturated carbocycles. The van der Waals surface area contributed by atoms with Crippen molar-refractivity contribution in [3.8, 4) is 5.75 Å². The third-order valence-corrected chi connectivity index (χ3v) is 3.27. The molecule has 5 heteroatoms. The van der Waals surface area contributed by atoms with Gasteiger partial charge in [-0.2, -0.15) is 0 Å². The van der Waals surface area contributed by atoms with Gasteiger partial charge in [-0.05, 0) is 25.2 Å². The van der Waals surface area contributed by atoms with Crippen LogP contribution < -0.4 is 9.75 Å². The van der Waals surface area contributed by atoms with Crippen LogP contribution in [0.1, 0.15) is 13.8 Å². The predicted molar refractivity (Wildman–Crippen MR) is 71.8 cm³/mol. The molecule has 1 unspecified atom stereocenters. The van der Waals surface area contributed by atoms with Crippen LogP contribution in [0.2, 0.25) is 0 Å². The standard InChI is InChI=1S/C13H19N3O2/c1-3-15(4-2)9-11-10-16(14-17)12-7-5-6-8-13(12)18-11/h5-8,11H,3-4,9-10H2,1-2H3. The lowest BCUT2D eigenvalue weighted by Crippen LogP contribution is -2.44. The summed E-state index contributed by atoms with van der Waals surface area (Å²) in [5.74, 6) is 0.737. The van der Waals surface area contributed by atoms with Crippen molar-refractivity contribution in [3.63, 3.8) is 0 Å². The highest BCUT2D eigenvalue weighted by molar-refractivity contribution is 5.59. The van der Waals surface area contributed by atoms with E-state index in [0.717, 1.165) is 31.1 Å². The molecular weight excluding hydrogens is 230 g/mol. The quantitative estimate of drug-likeness (QED) is 0.751. The highest BCUT2D eigenvalue weighted by atomic mass is 16.5. The van der Waals surface area contributed by atoms with Gasteiger partial charge in [0.25, 0.3) is 0 Å². The van der Waals surface area contributed by atoms with Gasteiger partial charge < -0.3 is 9.64 Å². The molecule has 2 rings (SSSR count). The Morgan fingerprint density at radius 3 is 2.78 bits per heavy atom. The Morgan fingerprint density at radius 2 is 2.11 bits per heavy atom. The number of anilines is 1. The summed E-state index contributed by atoms with van der Waals surface area (Å²) in [4.78, 5) is 13.2. The van der Waals surface area contributed by atoms with Crippen molar-refractivity contribution in [1.82, 2.24) is 4.90 Å². The summed E-state index contributed by atoms with van der Waals surface area (Å²) < 4.78 is 5.92. The van der Waals surface area contributed by atoms with E-state index < -0.39 is 0 Å². The molecule has 18 heavy (non-hydrogen) atoms. The van der Waals surface area contributed by atoms with Gasteiger partial charge in [0, 0.05) is 6.54 Å². The molecule has 0 radical (unpaired) electrons. The fourth-order valence-corrected chi connectivity index (χ4v) is 2.22. The summed E-state index contributed by atoms with van der Waals surface area (Å²) in [6, 6.07) is 7.51. The molecule has 0 saturated heterocycles. The van der Waals surface area contributed by atoms with E-state index in [1.807, 2.05) is 24.3 Å². The first-order valence-corrected chi connectivity index (χ1v) is 6.37. The van der Waals surface area contributed by atoms with Crippen molar-refractivity contribution < 1.29 is 4.74 Å². The second-order valence-electron chi connectivity index (χ2n) is 4.36. The van der Waals surface area contributed by atoms with Crippen LogP contribution in [0, 0.1) is 4.91 Å². The minimum atomic E-state index is -0.0162. The fraction of sp³-hybridized carbons (Fsp3) is 0.538. The molecule has 0 spiro atoms. The zero-order valence-electron chi connectivity index (χ0n) is 10.9. The first-order valence-electron chi connectivity index (χ1n) is 6.37. The van der Waals surface area contributed by atoms with E-state index in [1.54, 1.807) is 0 Å². The minimum absolute atomic E-state index is 0.0162. The Morgan fingerprint density at radius 1 is 1.39 bits per heavy atom. The molecule has 1 aliphatic heterocycles. The van der Waals surface area contributed by atoms with Gasteiger partial charge in [0.2, 0.25) is 0 Å². The summed E-state index contributed by atoms with van der Waals surface area (Å²) in [5.41, 5.74) is 0.753. The summed E-state index contributed by atoms with van der Waals surface area (Å²) in [7, 11) is 0. The van der Waals surface area contributed by atoms with E-state index in [1.165, 1.54) is 5.01 Å². The lowest BCUT2D eigenvalue weighted by atomic mass is 10.2. The van der Waals surface area contributed by atoms with E-state index in [0.29, 0.717) is 6.54 Å². The smallest absolute Gasteiger partial charge is 0.145 e. The molecular formula is C13H19N3O2. The van der Waals surface area contributed by atoms with Crippen LogP contribution in [0.25, 0.3) is 0 Å². The summed E-state index contributed by atoms with van der Waals surface area (Å²) in [6.45, 7) is 7.52. The molecule has 0 aromatic heterocycles. The maximum atomic E-state index is 10.9. The SMILES string of the molecule is CCN(CC)CC1CN(N=O)c2ccccc2O1. The number of ether oxygens (including phenoxy) is 1. The molecule has 0 N–H and O–H groups in total. The average Bonchev–Trinajstić information content (AvgIpc) is 2.43. The Labute approximate surface area is 107 Å². The summed E-state index contributed by atoms with van der Waals surface area (Å²) >= 11 is 0. The molecule has 0 amide bonds. The number of likely N-dealkylation sites (N-methyl/N-ethyl adjacent to an activating group) is 1. The van der Waals surface area contributed by atoms with E-state index in [9.17, 15) is 4.91 Å². The van der Waals surface area contributed by atoms with Crippen LogP contribution >= 0.6 is 0 Å². The fourth-order valence-electron chi connectivity index (χ4n) is 2.22. The molecule has 1 atom stereocenters. The topological polar surface area (TPSA) is 45.1 Å². The first-order chi connectivity index (χ1) is 8.78. The van der Waals surface area contributed by atoms with Crippen molar-refractivity contribution in [3.05, 3.63) is 29.2 Å². The van der Waals surface area contributed by atoms with E-state index >= 15 is 0 Å². The highest BCUT2D eigenvalue weighted by Crippen LogP contribution is 2.33. The van der Waals surface area contributed by atoms with E-state index in [-0.39, 0.29) is 6.10 Å². The van der Waals surface area contributed by atoms with Crippen molar-refractivity contribution in [1.29, 1.82) is 0 Å². The maximum Gasteiger partial charge on any atom is 0.145 e. The maximum absolute atomic E-state index is 10.9. The van der Waals surface area contributed by atoms with E-state index in [2.05, 4.69) is 24.0 Å². The normalized spacial score (nSPS) is 18.4. The first kappa shape index (κ1) is 12.8. The number of benzene rings is 1. The molecule has 0 bridgehead atoms. The van der Waals surface area contributed by atoms with Crippen molar-refractivity contribution in [2.75, 3.05) is 31.2 Å². The zero-order valence-corrected chi connectivity index (χ0v) is 10.9. The van der Waals surface area contributed by atoms with Crippen LogP contribution in [-0.2, 0) is 0 Å². The summed E-state index contributed by atoms with van der Waals surface area (Å²) in [5, 5.41) is 4.56.